The van der Waals surface area contributed by atoms with Gasteiger partial charge in [-0.1, -0.05) is 58.5 Å². The third-order valence-electron chi connectivity index (χ3n) is 2.43. The molecule has 0 unspecified atom stereocenters. The van der Waals surface area contributed by atoms with Crippen LogP contribution in [0.4, 0.5) is 0 Å². The summed E-state index contributed by atoms with van der Waals surface area (Å²) in [6.07, 6.45) is 0.728. The number of rotatable bonds is 2. The average molecular weight is 320 g/mol. The minimum absolute atomic E-state index is 0.381. The fraction of sp³-hybridized carbons (Fsp3) is 0. The average Bonchev–Trinajstić information content (AvgIpc) is 2.34. The summed E-state index contributed by atoms with van der Waals surface area (Å²) < 4.78 is 0. The van der Waals surface area contributed by atoms with E-state index in [2.05, 4.69) is 0 Å². The normalized spacial score (nSPS) is 10.4. The molecule has 0 aliphatic heterocycles. The van der Waals surface area contributed by atoms with Gasteiger partial charge in [-0.15, -0.1) is 0 Å². The van der Waals surface area contributed by atoms with Gasteiger partial charge in [-0.2, -0.15) is 0 Å². The van der Waals surface area contributed by atoms with E-state index in [0.29, 0.717) is 36.8 Å². The Morgan fingerprint density at radius 3 is 1.94 bits per heavy atom. The van der Waals surface area contributed by atoms with Gasteiger partial charge in [0.25, 0.3) is 0 Å². The SMILES string of the molecule is O=Cc1ccc(-c2cc(Cl)c(Cl)cc2Cl)c(Cl)c1. The smallest absolute Gasteiger partial charge is 0.150 e. The number of halogens is 4. The van der Waals surface area contributed by atoms with Gasteiger partial charge in [-0.05, 0) is 18.2 Å². The van der Waals surface area contributed by atoms with Gasteiger partial charge < -0.3 is 0 Å². The summed E-state index contributed by atoms with van der Waals surface area (Å²) in [5, 5.41) is 1.66. The second-order valence-corrected chi connectivity index (χ2v) is 5.23. The van der Waals surface area contributed by atoms with Crippen LogP contribution in [0.5, 0.6) is 0 Å². The molecule has 0 aliphatic rings. The van der Waals surface area contributed by atoms with E-state index in [0.717, 1.165) is 6.29 Å². The van der Waals surface area contributed by atoms with E-state index >= 15 is 0 Å². The zero-order valence-corrected chi connectivity index (χ0v) is 11.9. The van der Waals surface area contributed by atoms with Crippen LogP contribution in [0.1, 0.15) is 10.4 Å². The van der Waals surface area contributed by atoms with Crippen molar-refractivity contribution in [1.82, 2.24) is 0 Å². The van der Waals surface area contributed by atoms with E-state index in [9.17, 15) is 4.79 Å². The molecule has 0 radical (unpaired) electrons. The fourth-order valence-electron chi connectivity index (χ4n) is 1.55. The van der Waals surface area contributed by atoms with Crippen molar-refractivity contribution >= 4 is 52.7 Å². The number of hydrogen-bond donors (Lipinski definition) is 0. The number of carbonyl (C=O) groups is 1. The lowest BCUT2D eigenvalue weighted by molar-refractivity contribution is 0.112. The standard InChI is InChI=1S/C13H6Cl4O/c14-10-3-7(6-18)1-2-8(10)9-4-12(16)13(17)5-11(9)15/h1-6H. The van der Waals surface area contributed by atoms with Crippen molar-refractivity contribution in [3.05, 3.63) is 56.0 Å². The second kappa shape index (κ2) is 5.50. The molecule has 0 fully saturated rings. The maximum Gasteiger partial charge on any atom is 0.150 e. The maximum atomic E-state index is 10.6. The zero-order valence-electron chi connectivity index (χ0n) is 8.88. The Hall–Kier alpha value is -0.730. The molecule has 18 heavy (non-hydrogen) atoms. The van der Waals surface area contributed by atoms with E-state index < -0.39 is 0 Å². The van der Waals surface area contributed by atoms with E-state index in [1.165, 1.54) is 0 Å². The summed E-state index contributed by atoms with van der Waals surface area (Å²) in [7, 11) is 0. The molecule has 2 aromatic carbocycles. The lowest BCUT2D eigenvalue weighted by Crippen LogP contribution is -1.86. The number of carbonyl (C=O) groups excluding carboxylic acids is 1. The number of hydrogen-bond acceptors (Lipinski definition) is 1. The Balaban J connectivity index is 2.62. The van der Waals surface area contributed by atoms with Crippen molar-refractivity contribution in [3.63, 3.8) is 0 Å². The molecule has 0 heterocycles. The highest BCUT2D eigenvalue weighted by molar-refractivity contribution is 6.44. The Morgan fingerprint density at radius 2 is 1.33 bits per heavy atom. The summed E-state index contributed by atoms with van der Waals surface area (Å²) in [5.74, 6) is 0. The minimum Gasteiger partial charge on any atom is -0.298 e. The molecule has 92 valence electrons. The van der Waals surface area contributed by atoms with E-state index in [4.69, 9.17) is 46.4 Å². The third kappa shape index (κ3) is 2.65. The lowest BCUT2D eigenvalue weighted by Gasteiger charge is -2.09. The molecule has 0 amide bonds. The molecule has 0 spiro atoms. The monoisotopic (exact) mass is 318 g/mol. The molecule has 0 saturated heterocycles. The molecule has 5 heteroatoms. The quantitative estimate of drug-likeness (QED) is 0.506. The van der Waals surface area contributed by atoms with Gasteiger partial charge in [-0.3, -0.25) is 4.79 Å². The van der Waals surface area contributed by atoms with Crippen molar-refractivity contribution in [1.29, 1.82) is 0 Å². The van der Waals surface area contributed by atoms with Gasteiger partial charge in [-0.25, -0.2) is 0 Å². The lowest BCUT2D eigenvalue weighted by atomic mass is 10.0. The molecular formula is C13H6Cl4O. The van der Waals surface area contributed by atoms with Crippen LogP contribution in [-0.4, -0.2) is 6.29 Å². The largest absolute Gasteiger partial charge is 0.298 e. The summed E-state index contributed by atoms with van der Waals surface area (Å²) in [4.78, 5) is 10.6. The molecule has 0 bridgehead atoms. The molecule has 0 atom stereocenters. The van der Waals surface area contributed by atoms with Crippen molar-refractivity contribution in [2.75, 3.05) is 0 Å². The van der Waals surface area contributed by atoms with Crippen molar-refractivity contribution < 1.29 is 4.79 Å². The van der Waals surface area contributed by atoms with Crippen LogP contribution >= 0.6 is 46.4 Å². The minimum atomic E-state index is 0.381. The Labute approximate surface area is 124 Å². The number of aldehydes is 1. The first-order valence-electron chi connectivity index (χ1n) is 4.92. The topological polar surface area (TPSA) is 17.1 Å². The highest BCUT2D eigenvalue weighted by Crippen LogP contribution is 2.38. The molecule has 0 N–H and O–H groups in total. The van der Waals surface area contributed by atoms with Crippen molar-refractivity contribution in [3.8, 4) is 11.1 Å². The molecule has 0 saturated carbocycles. The Kier molecular flexibility index (Phi) is 4.18. The van der Waals surface area contributed by atoms with Crippen LogP contribution in [0.25, 0.3) is 11.1 Å². The molecule has 2 aromatic rings. The van der Waals surface area contributed by atoms with Gasteiger partial charge in [0.2, 0.25) is 0 Å². The van der Waals surface area contributed by atoms with Gasteiger partial charge >= 0.3 is 0 Å². The van der Waals surface area contributed by atoms with Gasteiger partial charge in [0, 0.05) is 21.7 Å². The number of benzene rings is 2. The van der Waals surface area contributed by atoms with Crippen LogP contribution < -0.4 is 0 Å². The Morgan fingerprint density at radius 1 is 0.722 bits per heavy atom. The van der Waals surface area contributed by atoms with Crippen molar-refractivity contribution in [2.45, 2.75) is 0 Å². The maximum absolute atomic E-state index is 10.6. The fourth-order valence-corrected chi connectivity index (χ4v) is 2.49. The van der Waals surface area contributed by atoms with E-state index in [-0.39, 0.29) is 0 Å². The zero-order chi connectivity index (χ0) is 13.3. The Bertz CT molecular complexity index is 623. The molecule has 1 nitrogen and oxygen atoms in total. The summed E-state index contributed by atoms with van der Waals surface area (Å²) in [6, 6.07) is 8.16. The van der Waals surface area contributed by atoms with Crippen LogP contribution in [0.15, 0.2) is 30.3 Å². The van der Waals surface area contributed by atoms with Crippen LogP contribution in [0.2, 0.25) is 20.1 Å². The van der Waals surface area contributed by atoms with Crippen LogP contribution in [-0.2, 0) is 0 Å². The first-order valence-corrected chi connectivity index (χ1v) is 6.43. The third-order valence-corrected chi connectivity index (χ3v) is 3.78. The molecule has 2 rings (SSSR count). The highest BCUT2D eigenvalue weighted by Gasteiger charge is 2.11. The second-order valence-electron chi connectivity index (χ2n) is 3.60. The van der Waals surface area contributed by atoms with Crippen LogP contribution in [0.3, 0.4) is 0 Å². The summed E-state index contributed by atoms with van der Waals surface area (Å²) in [5.41, 5.74) is 1.87. The summed E-state index contributed by atoms with van der Waals surface area (Å²) in [6.45, 7) is 0. The summed E-state index contributed by atoms with van der Waals surface area (Å²) >= 11 is 24.0. The molecule has 0 aromatic heterocycles. The first kappa shape index (κ1) is 13.7. The van der Waals surface area contributed by atoms with E-state index in [1.807, 2.05) is 0 Å². The van der Waals surface area contributed by atoms with Crippen molar-refractivity contribution in [2.24, 2.45) is 0 Å². The predicted octanol–water partition coefficient (Wildman–Crippen LogP) is 5.78. The first-order chi connectivity index (χ1) is 8.52. The van der Waals surface area contributed by atoms with Gasteiger partial charge in [0.1, 0.15) is 6.29 Å². The highest BCUT2D eigenvalue weighted by atomic mass is 35.5. The molecule has 0 aliphatic carbocycles. The predicted molar refractivity (Wildman–Crippen MR) is 77.3 cm³/mol. The van der Waals surface area contributed by atoms with Crippen LogP contribution in [0, 0.1) is 0 Å². The van der Waals surface area contributed by atoms with Gasteiger partial charge in [0.05, 0.1) is 15.1 Å². The molecular weight excluding hydrogens is 314 g/mol. The van der Waals surface area contributed by atoms with E-state index in [1.54, 1.807) is 30.3 Å². The van der Waals surface area contributed by atoms with Gasteiger partial charge in [0.15, 0.2) is 0 Å².